The maximum absolute atomic E-state index is 15.6. The van der Waals surface area contributed by atoms with Gasteiger partial charge in [-0.05, 0) is 94.4 Å². The first-order chi connectivity index (χ1) is 40.8. The van der Waals surface area contributed by atoms with Gasteiger partial charge in [0.05, 0.1) is 33.3 Å². The van der Waals surface area contributed by atoms with Crippen molar-refractivity contribution in [3.05, 3.63) is 144 Å². The number of carbonyl (C=O) groups excluding carboxylic acids is 9. The SMILES string of the molecule is COC(=O)[C@]1(CNC(=O)[C@]2(CNC(=O)[C@]3(CNC(=O)[C@]4(CNC(=O)OC(C)(C)C)CCCN4C(=O)OCc4ccccc4)CCCN3C(=O)OCc3ccccc3)CCCN2C(=O)OCc2ccccc2)CCCN1C(=O)OCc1ccccc1. The highest BCUT2D eigenvalue weighted by atomic mass is 16.6. The van der Waals surface area contributed by atoms with E-state index in [2.05, 4.69) is 21.3 Å². The average molecular weight is 1170 g/mol. The summed E-state index contributed by atoms with van der Waals surface area (Å²) in [7, 11) is 1.17. The van der Waals surface area contributed by atoms with Crippen molar-refractivity contribution in [1.29, 1.82) is 0 Å². The molecule has 8 rings (SSSR count). The predicted molar refractivity (Wildman–Crippen MR) is 306 cm³/mol. The largest absolute Gasteiger partial charge is 0.467 e. The van der Waals surface area contributed by atoms with E-state index in [1.165, 1.54) is 26.7 Å². The van der Waals surface area contributed by atoms with Gasteiger partial charge in [0.2, 0.25) is 17.7 Å². The number of carbonyl (C=O) groups is 9. The quantitative estimate of drug-likeness (QED) is 0.0529. The van der Waals surface area contributed by atoms with Gasteiger partial charge in [-0.25, -0.2) is 28.8 Å². The summed E-state index contributed by atoms with van der Waals surface area (Å²) in [4.78, 5) is 135. The van der Waals surface area contributed by atoms with Crippen LogP contribution in [0.25, 0.3) is 0 Å². The highest BCUT2D eigenvalue weighted by Gasteiger charge is 2.58. The number of rotatable bonds is 20. The van der Waals surface area contributed by atoms with Gasteiger partial charge in [0, 0.05) is 26.2 Å². The van der Waals surface area contributed by atoms with Gasteiger partial charge in [-0.3, -0.25) is 34.0 Å². The zero-order valence-electron chi connectivity index (χ0n) is 48.6. The minimum atomic E-state index is -1.94. The normalized spacial score (nSPS) is 21.7. The number of nitrogens with zero attached hydrogens (tertiary/aromatic N) is 4. The van der Waals surface area contributed by atoms with E-state index >= 15 is 14.4 Å². The number of likely N-dealkylation sites (tertiary alicyclic amines) is 4. The molecule has 0 aromatic heterocycles. The van der Waals surface area contributed by atoms with Crippen molar-refractivity contribution in [2.24, 2.45) is 0 Å². The number of ether oxygens (including phenoxy) is 6. The second kappa shape index (κ2) is 27.7. The maximum Gasteiger partial charge on any atom is 0.411 e. The molecular weight excluding hydrogens is 1100 g/mol. The van der Waals surface area contributed by atoms with Crippen molar-refractivity contribution in [2.75, 3.05) is 59.5 Å². The van der Waals surface area contributed by atoms with Crippen molar-refractivity contribution in [2.45, 2.75) is 126 Å². The molecule has 4 saturated heterocycles. The molecule has 4 aromatic rings. The van der Waals surface area contributed by atoms with Crippen molar-refractivity contribution in [3.8, 4) is 0 Å². The fourth-order valence-corrected chi connectivity index (χ4v) is 11.6. The number of amides is 8. The Hall–Kier alpha value is -8.89. The summed E-state index contributed by atoms with van der Waals surface area (Å²) < 4.78 is 33.9. The fourth-order valence-electron chi connectivity index (χ4n) is 11.6. The van der Waals surface area contributed by atoms with Gasteiger partial charge in [-0.2, -0.15) is 0 Å². The average Bonchev–Trinajstić information content (AvgIpc) is 2.80. The molecule has 23 heteroatoms. The van der Waals surface area contributed by atoms with E-state index in [9.17, 15) is 28.8 Å². The van der Waals surface area contributed by atoms with Crippen molar-refractivity contribution >= 4 is 54.2 Å². The molecule has 0 unspecified atom stereocenters. The monoisotopic (exact) mass is 1170 g/mol. The molecule has 4 aliphatic heterocycles. The minimum Gasteiger partial charge on any atom is -0.467 e. The lowest BCUT2D eigenvalue weighted by molar-refractivity contribution is -0.153. The van der Waals surface area contributed by atoms with Crippen LogP contribution in [0.15, 0.2) is 121 Å². The number of methoxy groups -OCH3 is 1. The second-order valence-corrected chi connectivity index (χ2v) is 22.7. The van der Waals surface area contributed by atoms with Gasteiger partial charge in [-0.15, -0.1) is 0 Å². The lowest BCUT2D eigenvalue weighted by Crippen LogP contribution is -2.69. The lowest BCUT2D eigenvalue weighted by Gasteiger charge is -2.41. The van der Waals surface area contributed by atoms with Crippen LogP contribution in [-0.4, -0.2) is 161 Å². The Labute approximate surface area is 494 Å². The summed E-state index contributed by atoms with van der Waals surface area (Å²) in [6, 6.07) is 35.7. The number of alkyl carbamates (subject to hydrolysis) is 1. The summed E-state index contributed by atoms with van der Waals surface area (Å²) in [5.74, 6) is -3.23. The number of hydrogen-bond acceptors (Lipinski definition) is 15. The Bertz CT molecular complexity index is 3010. The molecule has 4 fully saturated rings. The highest BCUT2D eigenvalue weighted by molar-refractivity contribution is 5.97. The van der Waals surface area contributed by atoms with Crippen LogP contribution < -0.4 is 21.3 Å². The molecule has 0 bridgehead atoms. The van der Waals surface area contributed by atoms with Crippen LogP contribution in [0.3, 0.4) is 0 Å². The number of nitrogens with one attached hydrogen (secondary N) is 4. The van der Waals surface area contributed by atoms with E-state index in [-0.39, 0.29) is 91.1 Å². The first-order valence-electron chi connectivity index (χ1n) is 28.7. The van der Waals surface area contributed by atoms with E-state index in [0.717, 1.165) is 0 Å². The number of esters is 1. The van der Waals surface area contributed by atoms with Crippen LogP contribution in [0.4, 0.5) is 24.0 Å². The summed E-state index contributed by atoms with van der Waals surface area (Å²) in [5, 5.41) is 11.4. The van der Waals surface area contributed by atoms with Gasteiger partial charge >= 0.3 is 36.4 Å². The van der Waals surface area contributed by atoms with Crippen molar-refractivity contribution < 1.29 is 71.6 Å². The first-order valence-corrected chi connectivity index (χ1v) is 28.7. The Balaban J connectivity index is 1.10. The van der Waals surface area contributed by atoms with E-state index < -0.39 is 108 Å². The topological polar surface area (TPSA) is 270 Å². The molecule has 4 aliphatic rings. The lowest BCUT2D eigenvalue weighted by atomic mass is 9.90. The van der Waals surface area contributed by atoms with Gasteiger partial charge in [-0.1, -0.05) is 121 Å². The fraction of sp³-hybridized carbons (Fsp3) is 0.468. The molecule has 4 heterocycles. The predicted octanol–water partition coefficient (Wildman–Crippen LogP) is 6.72. The first kappa shape index (κ1) is 62.2. The van der Waals surface area contributed by atoms with Gasteiger partial charge in [0.1, 0.15) is 48.6 Å². The van der Waals surface area contributed by atoms with Crippen LogP contribution in [0.5, 0.6) is 0 Å². The summed E-state index contributed by atoms with van der Waals surface area (Å²) in [6.45, 7) is 2.61. The maximum atomic E-state index is 15.6. The third-order valence-electron chi connectivity index (χ3n) is 16.0. The molecule has 4 N–H and O–H groups in total. The molecule has 0 saturated carbocycles. The van der Waals surface area contributed by atoms with E-state index in [1.54, 1.807) is 124 Å². The van der Waals surface area contributed by atoms with Crippen LogP contribution in [0.1, 0.15) is 94.4 Å². The standard InChI is InChI=1S/C62H76N8O15/c1-58(2,3)85-53(75)66-43-61(31-19-35-69(61)56(78)83-39-47-25-13-7-14-26-47)51(73)64-41-59(29-17-33-67(59)54(76)81-37-45-21-9-5-10-22-45)49(71)63-42-60(30-18-34-68(60)55(77)82-38-46-23-11-6-12-24-46)50(72)65-44-62(52(74)80-4)32-20-36-70(62)57(79)84-40-48-27-15-8-16-28-48/h5-16,21-28H,17-20,29-44H2,1-4H3,(H,63,71)(H,64,73)(H,65,72)(H,66,75)/t59-,60-,61-,62-/m1/s1. The Kier molecular flexibility index (Phi) is 20.2. The van der Waals surface area contributed by atoms with Crippen LogP contribution >= 0.6 is 0 Å². The van der Waals surface area contributed by atoms with Gasteiger partial charge in [0.15, 0.2) is 5.54 Å². The molecule has 0 spiro atoms. The molecule has 23 nitrogen and oxygen atoms in total. The summed E-state index contributed by atoms with van der Waals surface area (Å²) in [5.41, 5.74) is -5.57. The zero-order valence-corrected chi connectivity index (χ0v) is 48.6. The summed E-state index contributed by atoms with van der Waals surface area (Å²) in [6.07, 6.45) is -3.04. The molecule has 454 valence electrons. The molecule has 4 aromatic carbocycles. The number of hydrogen-bond donors (Lipinski definition) is 4. The molecule has 4 atom stereocenters. The van der Waals surface area contributed by atoms with E-state index in [1.807, 2.05) is 18.2 Å². The Morgan fingerprint density at radius 3 is 0.941 bits per heavy atom. The third-order valence-corrected chi connectivity index (χ3v) is 16.0. The Morgan fingerprint density at radius 1 is 0.400 bits per heavy atom. The highest BCUT2D eigenvalue weighted by Crippen LogP contribution is 2.37. The minimum absolute atomic E-state index is 0.000170. The molecule has 0 radical (unpaired) electrons. The third kappa shape index (κ3) is 14.5. The zero-order chi connectivity index (χ0) is 60.7. The van der Waals surface area contributed by atoms with Gasteiger partial charge in [0.25, 0.3) is 0 Å². The van der Waals surface area contributed by atoms with Crippen LogP contribution in [0.2, 0.25) is 0 Å². The van der Waals surface area contributed by atoms with Gasteiger partial charge < -0.3 is 49.7 Å². The van der Waals surface area contributed by atoms with Crippen LogP contribution in [-0.2, 0) is 74.0 Å². The molecule has 0 aliphatic carbocycles. The molecule has 8 amide bonds. The smallest absolute Gasteiger partial charge is 0.411 e. The number of benzene rings is 4. The van der Waals surface area contributed by atoms with Crippen LogP contribution in [0, 0.1) is 0 Å². The summed E-state index contributed by atoms with van der Waals surface area (Å²) >= 11 is 0. The van der Waals surface area contributed by atoms with E-state index in [0.29, 0.717) is 35.1 Å². The van der Waals surface area contributed by atoms with E-state index in [4.69, 9.17) is 28.4 Å². The van der Waals surface area contributed by atoms with Crippen molar-refractivity contribution in [3.63, 3.8) is 0 Å². The second-order valence-electron chi connectivity index (χ2n) is 22.7. The Morgan fingerprint density at radius 2 is 0.659 bits per heavy atom. The molecular formula is C62H76N8O15. The van der Waals surface area contributed by atoms with Crippen molar-refractivity contribution in [1.82, 2.24) is 40.9 Å². The molecule has 85 heavy (non-hydrogen) atoms.